The molecule has 0 bridgehead atoms. The van der Waals surface area contributed by atoms with Gasteiger partial charge >= 0.3 is 0 Å². The number of pyridine rings is 1. The van der Waals surface area contributed by atoms with Gasteiger partial charge in [-0.2, -0.15) is 0 Å². The second-order valence-electron chi connectivity index (χ2n) is 5.97. The highest BCUT2D eigenvalue weighted by molar-refractivity contribution is 14.0. The highest BCUT2D eigenvalue weighted by Crippen LogP contribution is 2.09. The Morgan fingerprint density at radius 2 is 1.96 bits per heavy atom. The van der Waals surface area contributed by atoms with E-state index in [4.69, 9.17) is 4.74 Å². The number of hydrogen-bond donors (Lipinski definition) is 2. The van der Waals surface area contributed by atoms with Crippen molar-refractivity contribution in [3.8, 4) is 5.88 Å². The summed E-state index contributed by atoms with van der Waals surface area (Å²) >= 11 is 0. The van der Waals surface area contributed by atoms with Crippen molar-refractivity contribution >= 4 is 29.9 Å². The fourth-order valence-electron chi connectivity index (χ4n) is 2.48. The van der Waals surface area contributed by atoms with Crippen LogP contribution in [0.4, 0.5) is 0 Å². The van der Waals surface area contributed by atoms with E-state index in [1.165, 1.54) is 5.56 Å². The van der Waals surface area contributed by atoms with Crippen molar-refractivity contribution in [3.05, 3.63) is 59.8 Å². The Bertz CT molecular complexity index is 664. The molecule has 6 heteroatoms. The van der Waals surface area contributed by atoms with Crippen LogP contribution in [0, 0.1) is 0 Å². The quantitative estimate of drug-likeness (QED) is 0.352. The summed E-state index contributed by atoms with van der Waals surface area (Å²) in [6, 6.07) is 14.8. The molecule has 0 saturated heterocycles. The number of halogens is 1. The molecule has 2 N–H and O–H groups in total. The van der Waals surface area contributed by atoms with Gasteiger partial charge in [0.1, 0.15) is 0 Å². The summed E-state index contributed by atoms with van der Waals surface area (Å²) in [5, 5.41) is 6.78. The van der Waals surface area contributed by atoms with Crippen molar-refractivity contribution in [1.29, 1.82) is 0 Å². The van der Waals surface area contributed by atoms with Gasteiger partial charge in [0, 0.05) is 24.8 Å². The van der Waals surface area contributed by atoms with Crippen molar-refractivity contribution in [1.82, 2.24) is 15.6 Å². The molecule has 5 nitrogen and oxygen atoms in total. The number of guanidine groups is 1. The number of aromatic nitrogens is 1. The largest absolute Gasteiger partial charge is 0.481 e. The van der Waals surface area contributed by atoms with E-state index in [0.29, 0.717) is 18.5 Å². The van der Waals surface area contributed by atoms with E-state index < -0.39 is 0 Å². The summed E-state index contributed by atoms with van der Waals surface area (Å²) in [5.74, 6) is 1.45. The van der Waals surface area contributed by atoms with Crippen LogP contribution in [0.1, 0.15) is 31.4 Å². The lowest BCUT2D eigenvalue weighted by molar-refractivity contribution is 0.397. The lowest BCUT2D eigenvalue weighted by Gasteiger charge is -2.18. The van der Waals surface area contributed by atoms with Crippen LogP contribution in [0.5, 0.6) is 5.88 Å². The van der Waals surface area contributed by atoms with Gasteiger partial charge in [-0.15, -0.1) is 24.0 Å². The molecular formula is C20H29IN4O. The van der Waals surface area contributed by atoms with Crippen molar-refractivity contribution in [2.75, 3.05) is 13.7 Å². The first-order chi connectivity index (χ1) is 12.2. The normalized spacial score (nSPS) is 12.0. The second kappa shape index (κ2) is 12.5. The molecule has 0 aliphatic heterocycles. The van der Waals surface area contributed by atoms with E-state index in [1.54, 1.807) is 13.3 Å². The Morgan fingerprint density at radius 3 is 2.65 bits per heavy atom. The first-order valence-corrected chi connectivity index (χ1v) is 8.79. The molecule has 0 fully saturated rings. The Hall–Kier alpha value is -1.83. The number of rotatable bonds is 8. The molecule has 2 rings (SSSR count). The van der Waals surface area contributed by atoms with E-state index in [1.807, 2.05) is 12.1 Å². The number of nitrogens with one attached hydrogen (secondary N) is 2. The average molecular weight is 468 g/mol. The van der Waals surface area contributed by atoms with Gasteiger partial charge in [-0.1, -0.05) is 30.3 Å². The number of benzene rings is 1. The van der Waals surface area contributed by atoms with Gasteiger partial charge in [0.05, 0.1) is 13.7 Å². The van der Waals surface area contributed by atoms with Gasteiger partial charge in [-0.3, -0.25) is 0 Å². The third-order valence-electron chi connectivity index (χ3n) is 3.86. The molecule has 1 aromatic heterocycles. The zero-order chi connectivity index (χ0) is 17.9. The standard InChI is InChI=1S/C20H28N4O.HI/c1-4-21-20(23-15-18-12-13-22-19(14-18)25-3)24-16(2)10-11-17-8-6-5-7-9-17;/h5-9,12-14,16H,4,10-11,15H2,1-3H3,(H2,21,23,24);1H. The van der Waals surface area contributed by atoms with Gasteiger partial charge in [0.2, 0.25) is 5.88 Å². The Labute approximate surface area is 173 Å². The first kappa shape index (κ1) is 22.2. The van der Waals surface area contributed by atoms with Crippen LogP contribution in [0.25, 0.3) is 0 Å². The SMILES string of the molecule is CCNC(=NCc1ccnc(OC)c1)NC(C)CCc1ccccc1.I. The van der Waals surface area contributed by atoms with Crippen LogP contribution < -0.4 is 15.4 Å². The minimum Gasteiger partial charge on any atom is -0.481 e. The zero-order valence-electron chi connectivity index (χ0n) is 15.7. The molecule has 0 radical (unpaired) electrons. The molecule has 0 aliphatic carbocycles. The second-order valence-corrected chi connectivity index (χ2v) is 5.97. The number of aryl methyl sites for hydroxylation is 1. The molecule has 142 valence electrons. The fourth-order valence-corrected chi connectivity index (χ4v) is 2.48. The maximum Gasteiger partial charge on any atom is 0.213 e. The Morgan fingerprint density at radius 1 is 1.19 bits per heavy atom. The van der Waals surface area contributed by atoms with Gasteiger partial charge in [0.15, 0.2) is 5.96 Å². The van der Waals surface area contributed by atoms with Crippen LogP contribution in [0.2, 0.25) is 0 Å². The van der Waals surface area contributed by atoms with Crippen LogP contribution >= 0.6 is 24.0 Å². The molecule has 1 unspecified atom stereocenters. The topological polar surface area (TPSA) is 58.5 Å². The number of hydrogen-bond acceptors (Lipinski definition) is 3. The molecule has 0 aliphatic rings. The molecule has 1 atom stereocenters. The predicted octanol–water partition coefficient (Wildman–Crippen LogP) is 3.78. The molecule has 0 spiro atoms. The number of nitrogens with zero attached hydrogens (tertiary/aromatic N) is 2. The molecule has 0 amide bonds. The number of ether oxygens (including phenoxy) is 1. The van der Waals surface area contributed by atoms with Crippen molar-refractivity contribution in [2.24, 2.45) is 4.99 Å². The van der Waals surface area contributed by atoms with E-state index in [0.717, 1.165) is 30.9 Å². The van der Waals surface area contributed by atoms with E-state index in [-0.39, 0.29) is 24.0 Å². The summed E-state index contributed by atoms with van der Waals surface area (Å²) in [7, 11) is 1.62. The third-order valence-corrected chi connectivity index (χ3v) is 3.86. The molecule has 1 heterocycles. The zero-order valence-corrected chi connectivity index (χ0v) is 18.1. The van der Waals surface area contributed by atoms with Gasteiger partial charge in [-0.25, -0.2) is 9.98 Å². The maximum absolute atomic E-state index is 5.16. The third kappa shape index (κ3) is 8.03. The first-order valence-electron chi connectivity index (χ1n) is 8.79. The molecule has 26 heavy (non-hydrogen) atoms. The van der Waals surface area contributed by atoms with Gasteiger partial charge in [0.25, 0.3) is 0 Å². The van der Waals surface area contributed by atoms with E-state index in [9.17, 15) is 0 Å². The smallest absolute Gasteiger partial charge is 0.213 e. The van der Waals surface area contributed by atoms with Crippen molar-refractivity contribution in [3.63, 3.8) is 0 Å². The summed E-state index contributed by atoms with van der Waals surface area (Å²) < 4.78 is 5.16. The predicted molar refractivity (Wildman–Crippen MR) is 118 cm³/mol. The van der Waals surface area contributed by atoms with Crippen LogP contribution in [-0.4, -0.2) is 30.6 Å². The Kier molecular flexibility index (Phi) is 10.7. The fraction of sp³-hybridized carbons (Fsp3) is 0.400. The highest BCUT2D eigenvalue weighted by atomic mass is 127. The maximum atomic E-state index is 5.16. The van der Waals surface area contributed by atoms with Crippen molar-refractivity contribution < 1.29 is 4.74 Å². The Balaban J connectivity index is 0.00000338. The van der Waals surface area contributed by atoms with E-state index in [2.05, 4.69) is 64.8 Å². The van der Waals surface area contributed by atoms with Crippen molar-refractivity contribution in [2.45, 2.75) is 39.3 Å². The summed E-state index contributed by atoms with van der Waals surface area (Å²) in [4.78, 5) is 8.79. The average Bonchev–Trinajstić information content (AvgIpc) is 2.65. The monoisotopic (exact) mass is 468 g/mol. The minimum absolute atomic E-state index is 0. The molecular weight excluding hydrogens is 439 g/mol. The summed E-state index contributed by atoms with van der Waals surface area (Å²) in [5.41, 5.74) is 2.43. The van der Waals surface area contributed by atoms with Gasteiger partial charge < -0.3 is 15.4 Å². The van der Waals surface area contributed by atoms with Crippen LogP contribution in [-0.2, 0) is 13.0 Å². The summed E-state index contributed by atoms with van der Waals surface area (Å²) in [6.45, 7) is 5.67. The number of methoxy groups -OCH3 is 1. The highest BCUT2D eigenvalue weighted by Gasteiger charge is 2.06. The number of aliphatic imine (C=N–C) groups is 1. The molecule has 2 aromatic rings. The summed E-state index contributed by atoms with van der Waals surface area (Å²) in [6.07, 6.45) is 3.85. The van der Waals surface area contributed by atoms with E-state index >= 15 is 0 Å². The van der Waals surface area contributed by atoms with Crippen LogP contribution in [0.3, 0.4) is 0 Å². The lowest BCUT2D eigenvalue weighted by atomic mass is 10.1. The van der Waals surface area contributed by atoms with Crippen LogP contribution in [0.15, 0.2) is 53.7 Å². The molecule has 0 saturated carbocycles. The molecule has 1 aromatic carbocycles. The van der Waals surface area contributed by atoms with Gasteiger partial charge in [-0.05, 0) is 43.9 Å². The lowest BCUT2D eigenvalue weighted by Crippen LogP contribution is -2.42. The minimum atomic E-state index is 0.